The lowest BCUT2D eigenvalue weighted by Gasteiger charge is -2.08. The van der Waals surface area contributed by atoms with Gasteiger partial charge in [0.2, 0.25) is 0 Å². The van der Waals surface area contributed by atoms with Gasteiger partial charge in [-0.25, -0.2) is 0 Å². The van der Waals surface area contributed by atoms with Crippen molar-refractivity contribution in [1.82, 2.24) is 4.57 Å². The summed E-state index contributed by atoms with van der Waals surface area (Å²) >= 11 is 18.5. The first kappa shape index (κ1) is 21.2. The van der Waals surface area contributed by atoms with Gasteiger partial charge in [-0.2, -0.15) is 0 Å². The third kappa shape index (κ3) is 4.12. The van der Waals surface area contributed by atoms with Gasteiger partial charge >= 0.3 is 0 Å². The minimum Gasteiger partial charge on any atom is -0.506 e. The Bertz CT molecular complexity index is 1310. The summed E-state index contributed by atoms with van der Waals surface area (Å²) in [6.07, 6.45) is 1.53. The molecule has 4 aromatic rings. The zero-order chi connectivity index (χ0) is 22.1. The highest BCUT2D eigenvalue weighted by Gasteiger charge is 2.24. The number of hydrogen-bond donors (Lipinski definition) is 2. The van der Waals surface area contributed by atoms with E-state index < -0.39 is 11.7 Å². The van der Waals surface area contributed by atoms with Crippen molar-refractivity contribution in [2.45, 2.75) is 6.54 Å². The van der Waals surface area contributed by atoms with Gasteiger partial charge in [0.1, 0.15) is 5.75 Å². The zero-order valence-corrected chi connectivity index (χ0v) is 18.2. The molecule has 0 aliphatic heterocycles. The number of ketones is 1. The highest BCUT2D eigenvalue weighted by atomic mass is 35.5. The molecule has 1 amide bonds. The number of fused-ring (bicyclic) bond motifs is 1. The lowest BCUT2D eigenvalue weighted by atomic mass is 10.1. The number of carbonyl (C=O) groups excluding carboxylic acids is 2. The summed E-state index contributed by atoms with van der Waals surface area (Å²) in [6, 6.07) is 16.8. The van der Waals surface area contributed by atoms with Crippen molar-refractivity contribution in [3.8, 4) is 5.75 Å². The highest BCUT2D eigenvalue weighted by molar-refractivity contribution is 6.50. The first-order chi connectivity index (χ1) is 14.9. The van der Waals surface area contributed by atoms with Crippen LogP contribution in [0.4, 0.5) is 5.69 Å². The van der Waals surface area contributed by atoms with Crippen LogP contribution in [0.3, 0.4) is 0 Å². The highest BCUT2D eigenvalue weighted by Crippen LogP contribution is 2.32. The van der Waals surface area contributed by atoms with Gasteiger partial charge in [0.05, 0.1) is 26.8 Å². The lowest BCUT2D eigenvalue weighted by Crippen LogP contribution is -2.23. The Balaban J connectivity index is 1.74. The lowest BCUT2D eigenvalue weighted by molar-refractivity contribution is -0.112. The molecule has 0 aliphatic carbocycles. The first-order valence-corrected chi connectivity index (χ1v) is 10.3. The molecule has 31 heavy (non-hydrogen) atoms. The van der Waals surface area contributed by atoms with Crippen molar-refractivity contribution in [2.24, 2.45) is 0 Å². The molecule has 8 heteroatoms. The third-order valence-corrected chi connectivity index (χ3v) is 5.83. The Morgan fingerprint density at radius 2 is 1.52 bits per heavy atom. The van der Waals surface area contributed by atoms with Gasteiger partial charge in [0, 0.05) is 23.2 Å². The van der Waals surface area contributed by atoms with Crippen molar-refractivity contribution in [3.63, 3.8) is 0 Å². The number of benzene rings is 3. The maximum absolute atomic E-state index is 13.0. The fourth-order valence-electron chi connectivity index (χ4n) is 3.37. The number of Topliss-reactive ketones (excluding diaryl/α,β-unsaturated/α-hetero) is 1. The second-order valence-corrected chi connectivity index (χ2v) is 8.04. The Kier molecular flexibility index (Phi) is 5.92. The van der Waals surface area contributed by atoms with E-state index in [9.17, 15) is 14.7 Å². The second-order valence-electron chi connectivity index (χ2n) is 6.82. The van der Waals surface area contributed by atoms with Gasteiger partial charge in [-0.1, -0.05) is 71.2 Å². The van der Waals surface area contributed by atoms with Crippen molar-refractivity contribution in [1.29, 1.82) is 0 Å². The zero-order valence-electron chi connectivity index (χ0n) is 15.9. The van der Waals surface area contributed by atoms with E-state index >= 15 is 0 Å². The molecule has 0 atom stereocenters. The molecule has 1 aromatic heterocycles. The van der Waals surface area contributed by atoms with Gasteiger partial charge in [0.25, 0.3) is 11.7 Å². The predicted octanol–water partition coefficient (Wildman–Crippen LogP) is 6.18. The molecule has 5 nitrogen and oxygen atoms in total. The number of para-hydroxylation sites is 2. The largest absolute Gasteiger partial charge is 0.506 e. The third-order valence-electron chi connectivity index (χ3n) is 4.83. The summed E-state index contributed by atoms with van der Waals surface area (Å²) in [5, 5.41) is 14.3. The molecule has 4 rings (SSSR count). The van der Waals surface area contributed by atoms with Crippen molar-refractivity contribution in [2.75, 3.05) is 5.32 Å². The Labute approximate surface area is 192 Å². The van der Waals surface area contributed by atoms with Crippen molar-refractivity contribution in [3.05, 3.63) is 93.1 Å². The van der Waals surface area contributed by atoms with E-state index in [4.69, 9.17) is 34.8 Å². The molecule has 0 saturated carbocycles. The summed E-state index contributed by atoms with van der Waals surface area (Å²) in [4.78, 5) is 25.7. The Hall–Kier alpha value is -2.99. The molecule has 3 aromatic carbocycles. The number of anilines is 1. The molecule has 2 N–H and O–H groups in total. The number of phenols is 1. The fourth-order valence-corrected chi connectivity index (χ4v) is 4.05. The number of phenolic OH excluding ortho intramolecular Hbond substituents is 1. The van der Waals surface area contributed by atoms with Crippen LogP contribution in [0.2, 0.25) is 15.1 Å². The summed E-state index contributed by atoms with van der Waals surface area (Å²) in [6.45, 7) is 0.305. The average molecular weight is 474 g/mol. The van der Waals surface area contributed by atoms with Crippen LogP contribution >= 0.6 is 34.8 Å². The molecular weight excluding hydrogens is 459 g/mol. The molecule has 0 aliphatic rings. The summed E-state index contributed by atoms with van der Waals surface area (Å²) in [7, 11) is 0. The minimum absolute atomic E-state index is 0.0156. The average Bonchev–Trinajstić information content (AvgIpc) is 3.11. The predicted molar refractivity (Wildman–Crippen MR) is 124 cm³/mol. The SMILES string of the molecule is O=C(Nc1c(Cl)cccc1Cl)C(=O)c1cn(Cc2ccccc2Cl)c2c(O)cccc12. The smallest absolute Gasteiger partial charge is 0.296 e. The molecule has 0 unspecified atom stereocenters. The molecule has 0 saturated heterocycles. The van der Waals surface area contributed by atoms with Crippen LogP contribution in [0.1, 0.15) is 15.9 Å². The Morgan fingerprint density at radius 3 is 2.23 bits per heavy atom. The van der Waals surface area contributed by atoms with Crippen LogP contribution in [-0.2, 0) is 11.3 Å². The normalized spacial score (nSPS) is 10.9. The number of rotatable bonds is 5. The number of nitrogens with zero attached hydrogens (tertiary/aromatic N) is 1. The van der Waals surface area contributed by atoms with Crippen molar-refractivity contribution >= 4 is 63.1 Å². The van der Waals surface area contributed by atoms with E-state index in [2.05, 4.69) is 5.32 Å². The number of nitrogens with one attached hydrogen (secondary N) is 1. The first-order valence-electron chi connectivity index (χ1n) is 9.20. The molecular formula is C23H15Cl3N2O3. The monoisotopic (exact) mass is 472 g/mol. The quantitative estimate of drug-likeness (QED) is 0.269. The topological polar surface area (TPSA) is 71.3 Å². The van der Waals surface area contributed by atoms with E-state index in [-0.39, 0.29) is 27.0 Å². The van der Waals surface area contributed by atoms with Crippen LogP contribution in [0.15, 0.2) is 66.9 Å². The number of hydrogen-bond acceptors (Lipinski definition) is 3. The summed E-state index contributed by atoms with van der Waals surface area (Å²) < 4.78 is 1.69. The van der Waals surface area contributed by atoms with Crippen LogP contribution in [-0.4, -0.2) is 21.4 Å². The molecule has 0 fully saturated rings. The van der Waals surface area contributed by atoms with Gasteiger partial charge < -0.3 is 15.0 Å². The number of amides is 1. The van der Waals surface area contributed by atoms with Crippen LogP contribution in [0, 0.1) is 0 Å². The molecule has 0 spiro atoms. The molecule has 0 radical (unpaired) electrons. The van der Waals surface area contributed by atoms with Crippen LogP contribution in [0.5, 0.6) is 5.75 Å². The molecule has 156 valence electrons. The van der Waals surface area contributed by atoms with Crippen LogP contribution in [0.25, 0.3) is 10.9 Å². The van der Waals surface area contributed by atoms with E-state index in [1.165, 1.54) is 12.3 Å². The van der Waals surface area contributed by atoms with Gasteiger partial charge in [-0.15, -0.1) is 0 Å². The number of carbonyl (C=O) groups is 2. The number of aromatic nitrogens is 1. The number of aromatic hydroxyl groups is 1. The van der Waals surface area contributed by atoms with E-state index in [0.29, 0.717) is 22.5 Å². The summed E-state index contributed by atoms with van der Waals surface area (Å²) in [5.74, 6) is -1.70. The Morgan fingerprint density at radius 1 is 0.871 bits per heavy atom. The maximum atomic E-state index is 13.0. The van der Waals surface area contributed by atoms with E-state index in [0.717, 1.165) is 5.56 Å². The van der Waals surface area contributed by atoms with Crippen molar-refractivity contribution < 1.29 is 14.7 Å². The van der Waals surface area contributed by atoms with E-state index in [1.54, 1.807) is 41.0 Å². The van der Waals surface area contributed by atoms with Crippen LogP contribution < -0.4 is 5.32 Å². The van der Waals surface area contributed by atoms with E-state index in [1.807, 2.05) is 18.2 Å². The fraction of sp³-hybridized carbons (Fsp3) is 0.0435. The summed E-state index contributed by atoms with van der Waals surface area (Å²) in [5.41, 5.74) is 1.52. The van der Waals surface area contributed by atoms with Gasteiger partial charge in [0.15, 0.2) is 0 Å². The molecule has 0 bridgehead atoms. The minimum atomic E-state index is -0.893. The van der Waals surface area contributed by atoms with Gasteiger partial charge in [-0.3, -0.25) is 9.59 Å². The number of halogens is 3. The molecule has 1 heterocycles. The second kappa shape index (κ2) is 8.63. The maximum Gasteiger partial charge on any atom is 0.296 e. The standard InChI is InChI=1S/C23H15Cl3N2O3/c24-16-7-2-1-5-13(16)11-28-12-15(14-6-3-10-19(29)21(14)28)22(30)23(31)27-20-17(25)8-4-9-18(20)26/h1-10,12,29H,11H2,(H,27,31). The van der Waals surface area contributed by atoms with Gasteiger partial charge in [-0.05, 0) is 29.8 Å².